The average molecular weight is 268 g/mol. The third-order valence-electron chi connectivity index (χ3n) is 3.84. The van der Waals surface area contributed by atoms with E-state index in [0.29, 0.717) is 30.2 Å². The van der Waals surface area contributed by atoms with Crippen LogP contribution in [0.15, 0.2) is 12.3 Å². The molecule has 3 heterocycles. The number of aryl methyl sites for hydroxylation is 1. The van der Waals surface area contributed by atoms with Crippen LogP contribution in [0.3, 0.4) is 0 Å². The van der Waals surface area contributed by atoms with Gasteiger partial charge in [-0.25, -0.2) is 9.78 Å². The van der Waals surface area contributed by atoms with Crippen molar-refractivity contribution in [2.24, 2.45) is 5.92 Å². The lowest BCUT2D eigenvalue weighted by Gasteiger charge is -2.45. The van der Waals surface area contributed by atoms with Crippen molar-refractivity contribution in [3.8, 4) is 0 Å². The molecule has 18 heavy (non-hydrogen) atoms. The Labute approximate surface area is 110 Å². The molecule has 2 saturated heterocycles. The van der Waals surface area contributed by atoms with Gasteiger partial charge in [0.05, 0.1) is 17.9 Å². The number of rotatable bonds is 1. The number of hydrogen-bond acceptors (Lipinski definition) is 3. The fourth-order valence-electron chi connectivity index (χ4n) is 2.79. The molecule has 1 aromatic heterocycles. The second kappa shape index (κ2) is 4.02. The smallest absolute Gasteiger partial charge is 0.407 e. The Morgan fingerprint density at radius 1 is 1.50 bits per heavy atom. The van der Waals surface area contributed by atoms with Crippen molar-refractivity contribution in [3.05, 3.63) is 23.0 Å². The molecule has 0 bridgehead atoms. The number of hydrogen-bond donors (Lipinski definition) is 1. The summed E-state index contributed by atoms with van der Waals surface area (Å²) in [6.45, 7) is 4.06. The van der Waals surface area contributed by atoms with Crippen LogP contribution in [0.1, 0.15) is 5.56 Å². The lowest BCUT2D eigenvalue weighted by atomic mass is 9.91. The number of fused-ring (bicyclic) bond motifs is 1. The Bertz CT molecular complexity index is 508. The van der Waals surface area contributed by atoms with Gasteiger partial charge in [-0.1, -0.05) is 11.6 Å². The minimum absolute atomic E-state index is 0.295. The Hall–Kier alpha value is -1.49. The molecule has 1 aromatic rings. The van der Waals surface area contributed by atoms with E-state index in [1.165, 1.54) is 4.90 Å². The third-order valence-corrected chi connectivity index (χ3v) is 4.24. The van der Waals surface area contributed by atoms with E-state index in [0.717, 1.165) is 17.8 Å². The molecule has 0 unspecified atom stereocenters. The van der Waals surface area contributed by atoms with Gasteiger partial charge in [-0.05, 0) is 18.6 Å². The Balaban J connectivity index is 1.77. The molecule has 0 spiro atoms. The van der Waals surface area contributed by atoms with Crippen LogP contribution in [0.4, 0.5) is 10.5 Å². The lowest BCUT2D eigenvalue weighted by molar-refractivity contribution is 0.155. The molecule has 96 valence electrons. The first-order valence-electron chi connectivity index (χ1n) is 5.93. The van der Waals surface area contributed by atoms with Gasteiger partial charge in [0.1, 0.15) is 5.15 Å². The number of anilines is 1. The summed E-state index contributed by atoms with van der Waals surface area (Å²) in [7, 11) is 0. The van der Waals surface area contributed by atoms with Crippen LogP contribution in [-0.2, 0) is 0 Å². The zero-order valence-corrected chi connectivity index (χ0v) is 10.8. The van der Waals surface area contributed by atoms with Crippen molar-refractivity contribution in [1.82, 2.24) is 9.88 Å². The van der Waals surface area contributed by atoms with Crippen LogP contribution in [-0.4, -0.2) is 46.8 Å². The van der Waals surface area contributed by atoms with Gasteiger partial charge in [-0.2, -0.15) is 0 Å². The molecule has 0 radical (unpaired) electrons. The summed E-state index contributed by atoms with van der Waals surface area (Å²) in [4.78, 5) is 18.8. The summed E-state index contributed by atoms with van der Waals surface area (Å²) in [5.41, 5.74) is 1.98. The second-order valence-electron chi connectivity index (χ2n) is 4.97. The Morgan fingerprint density at radius 3 is 2.94 bits per heavy atom. The number of nitrogens with zero attached hydrogens (tertiary/aromatic N) is 3. The molecule has 3 rings (SSSR count). The zero-order valence-electron chi connectivity index (χ0n) is 10.0. The van der Waals surface area contributed by atoms with Gasteiger partial charge >= 0.3 is 6.09 Å². The predicted octanol–water partition coefficient (Wildman–Crippen LogP) is 1.84. The number of carbonyl (C=O) groups is 1. The van der Waals surface area contributed by atoms with E-state index in [4.69, 9.17) is 16.7 Å². The first kappa shape index (κ1) is 11.6. The molecule has 2 aliphatic rings. The number of aromatic nitrogens is 1. The monoisotopic (exact) mass is 267 g/mol. The highest BCUT2D eigenvalue weighted by atomic mass is 35.5. The third kappa shape index (κ3) is 1.70. The standard InChI is InChI=1S/C12H14ClN3O2/c1-7-2-9(3-14-11(7)13)16-5-8-4-15(12(17)18)6-10(8)16/h2-3,8,10H,4-6H2,1H3,(H,17,18)/t8-,10-/m1/s1. The van der Waals surface area contributed by atoms with Crippen molar-refractivity contribution in [3.63, 3.8) is 0 Å². The Kier molecular flexibility index (Phi) is 2.59. The van der Waals surface area contributed by atoms with Gasteiger partial charge in [-0.15, -0.1) is 0 Å². The zero-order chi connectivity index (χ0) is 12.9. The highest BCUT2D eigenvalue weighted by Crippen LogP contribution is 2.36. The normalized spacial score (nSPS) is 25.9. The van der Waals surface area contributed by atoms with Crippen LogP contribution in [0.2, 0.25) is 5.15 Å². The van der Waals surface area contributed by atoms with Crippen LogP contribution in [0, 0.1) is 12.8 Å². The van der Waals surface area contributed by atoms with Crippen LogP contribution in [0.5, 0.6) is 0 Å². The molecule has 0 aromatic carbocycles. The van der Waals surface area contributed by atoms with Crippen LogP contribution < -0.4 is 4.90 Å². The average Bonchev–Trinajstić information content (AvgIpc) is 2.62. The van der Waals surface area contributed by atoms with E-state index < -0.39 is 6.09 Å². The second-order valence-corrected chi connectivity index (χ2v) is 5.33. The van der Waals surface area contributed by atoms with E-state index in [9.17, 15) is 4.79 Å². The van der Waals surface area contributed by atoms with Crippen molar-refractivity contribution in [2.45, 2.75) is 13.0 Å². The van der Waals surface area contributed by atoms with E-state index >= 15 is 0 Å². The van der Waals surface area contributed by atoms with Gasteiger partial charge < -0.3 is 14.9 Å². The molecule has 1 N–H and O–H groups in total. The molecular formula is C12H14ClN3O2. The summed E-state index contributed by atoms with van der Waals surface area (Å²) in [6.07, 6.45) is 0.935. The maximum Gasteiger partial charge on any atom is 0.407 e. The van der Waals surface area contributed by atoms with Gasteiger partial charge in [0.25, 0.3) is 0 Å². The molecule has 2 fully saturated rings. The maximum absolute atomic E-state index is 10.9. The van der Waals surface area contributed by atoms with Crippen molar-refractivity contribution >= 4 is 23.4 Å². The number of carboxylic acid groups (broad SMARTS) is 1. The highest BCUT2D eigenvalue weighted by Gasteiger charge is 2.47. The fraction of sp³-hybridized carbons (Fsp3) is 0.500. The first-order chi connectivity index (χ1) is 8.56. The lowest BCUT2D eigenvalue weighted by Crippen LogP contribution is -2.55. The molecule has 1 amide bonds. The SMILES string of the molecule is Cc1cc(N2C[C@H]3CN(C(=O)O)C[C@H]32)cnc1Cl. The molecular weight excluding hydrogens is 254 g/mol. The topological polar surface area (TPSA) is 56.7 Å². The molecule has 2 atom stereocenters. The van der Waals surface area contributed by atoms with Crippen molar-refractivity contribution < 1.29 is 9.90 Å². The highest BCUT2D eigenvalue weighted by molar-refractivity contribution is 6.30. The Morgan fingerprint density at radius 2 is 2.28 bits per heavy atom. The van der Waals surface area contributed by atoms with E-state index in [2.05, 4.69) is 9.88 Å². The summed E-state index contributed by atoms with van der Waals surface area (Å²) >= 11 is 5.91. The quantitative estimate of drug-likeness (QED) is 0.789. The van der Waals surface area contributed by atoms with Crippen molar-refractivity contribution in [2.75, 3.05) is 24.5 Å². The molecule has 0 saturated carbocycles. The van der Waals surface area contributed by atoms with Gasteiger partial charge in [0.15, 0.2) is 0 Å². The number of halogens is 1. The molecule has 6 heteroatoms. The summed E-state index contributed by atoms with van der Waals surface area (Å²) in [5.74, 6) is 0.456. The minimum Gasteiger partial charge on any atom is -0.465 e. The predicted molar refractivity (Wildman–Crippen MR) is 68.2 cm³/mol. The summed E-state index contributed by atoms with van der Waals surface area (Å²) in [5, 5.41) is 9.51. The van der Waals surface area contributed by atoms with Gasteiger partial charge in [-0.3, -0.25) is 0 Å². The number of pyridine rings is 1. The summed E-state index contributed by atoms with van der Waals surface area (Å²) < 4.78 is 0. The minimum atomic E-state index is -0.824. The number of amides is 1. The molecule has 5 nitrogen and oxygen atoms in total. The number of likely N-dealkylation sites (tertiary alicyclic amines) is 1. The van der Waals surface area contributed by atoms with E-state index in [1.54, 1.807) is 6.20 Å². The van der Waals surface area contributed by atoms with E-state index in [1.807, 2.05) is 13.0 Å². The maximum atomic E-state index is 10.9. The fourth-order valence-corrected chi connectivity index (χ4v) is 2.89. The molecule has 2 aliphatic heterocycles. The van der Waals surface area contributed by atoms with Crippen LogP contribution in [0.25, 0.3) is 0 Å². The van der Waals surface area contributed by atoms with E-state index in [-0.39, 0.29) is 0 Å². The largest absolute Gasteiger partial charge is 0.465 e. The van der Waals surface area contributed by atoms with Gasteiger partial charge in [0.2, 0.25) is 0 Å². The molecule has 0 aliphatic carbocycles. The van der Waals surface area contributed by atoms with Crippen LogP contribution >= 0.6 is 11.6 Å². The first-order valence-corrected chi connectivity index (χ1v) is 6.30. The van der Waals surface area contributed by atoms with Crippen molar-refractivity contribution in [1.29, 1.82) is 0 Å². The van der Waals surface area contributed by atoms with Gasteiger partial charge in [0, 0.05) is 25.6 Å². The summed E-state index contributed by atoms with van der Waals surface area (Å²) in [6, 6.07) is 2.30.